The minimum Gasteiger partial charge on any atom is -0.339 e. The van der Waals surface area contributed by atoms with E-state index in [-0.39, 0.29) is 0 Å². The summed E-state index contributed by atoms with van der Waals surface area (Å²) in [4.78, 5) is 1.56. The SMILES string of the molecule is Cc1ccsc1C[NH2+][C@@H]1CCC[C@H](C)[C@H]1C. The molecule has 16 heavy (non-hydrogen) atoms. The smallest absolute Gasteiger partial charge is 0.111 e. The molecule has 1 nitrogen and oxygen atoms in total. The van der Waals surface area contributed by atoms with Gasteiger partial charge in [-0.2, -0.15) is 0 Å². The molecule has 0 aromatic carbocycles. The van der Waals surface area contributed by atoms with Crippen LogP contribution in [0.3, 0.4) is 0 Å². The van der Waals surface area contributed by atoms with Crippen LogP contribution in [0.2, 0.25) is 0 Å². The fraction of sp³-hybridized carbons (Fsp3) is 0.714. The Hall–Kier alpha value is -0.340. The minimum absolute atomic E-state index is 0.852. The Morgan fingerprint density at radius 1 is 1.38 bits per heavy atom. The molecule has 0 aliphatic heterocycles. The molecule has 1 aliphatic carbocycles. The quantitative estimate of drug-likeness (QED) is 0.834. The standard InChI is InChI=1S/C14H23NS/c1-10-5-4-6-13(12(10)3)15-9-14-11(2)7-8-16-14/h7-8,10,12-13,15H,4-6,9H2,1-3H3/p+1/t10-,12+,13+/m0/s1. The lowest BCUT2D eigenvalue weighted by molar-refractivity contribution is -0.713. The second-order valence-corrected chi connectivity index (χ2v) is 6.40. The topological polar surface area (TPSA) is 16.6 Å². The van der Waals surface area contributed by atoms with E-state index >= 15 is 0 Å². The first-order valence-corrected chi connectivity index (χ1v) is 7.42. The van der Waals surface area contributed by atoms with Gasteiger partial charge in [0.1, 0.15) is 6.54 Å². The molecule has 0 spiro atoms. The molecule has 0 saturated heterocycles. The molecule has 0 amide bonds. The zero-order valence-electron chi connectivity index (χ0n) is 10.7. The Morgan fingerprint density at radius 2 is 2.19 bits per heavy atom. The fourth-order valence-electron chi connectivity index (χ4n) is 2.83. The Kier molecular flexibility index (Phi) is 4.04. The van der Waals surface area contributed by atoms with E-state index in [0.717, 1.165) is 17.9 Å². The number of aryl methyl sites for hydroxylation is 1. The largest absolute Gasteiger partial charge is 0.339 e. The molecule has 0 unspecified atom stereocenters. The van der Waals surface area contributed by atoms with Crippen molar-refractivity contribution in [3.8, 4) is 0 Å². The van der Waals surface area contributed by atoms with Crippen molar-refractivity contribution < 1.29 is 5.32 Å². The van der Waals surface area contributed by atoms with Gasteiger partial charge in [0.15, 0.2) is 0 Å². The van der Waals surface area contributed by atoms with Crippen LogP contribution in [0.15, 0.2) is 11.4 Å². The van der Waals surface area contributed by atoms with Crippen LogP contribution in [-0.2, 0) is 6.54 Å². The number of thiophene rings is 1. The molecule has 0 radical (unpaired) electrons. The van der Waals surface area contributed by atoms with Crippen molar-refractivity contribution in [1.29, 1.82) is 0 Å². The van der Waals surface area contributed by atoms with Crippen LogP contribution < -0.4 is 5.32 Å². The van der Waals surface area contributed by atoms with Crippen molar-refractivity contribution in [2.75, 3.05) is 0 Å². The zero-order valence-corrected chi connectivity index (χ0v) is 11.5. The number of quaternary nitrogens is 1. The first-order chi connectivity index (χ1) is 7.68. The van der Waals surface area contributed by atoms with Gasteiger partial charge < -0.3 is 5.32 Å². The lowest BCUT2D eigenvalue weighted by atomic mass is 9.78. The summed E-state index contributed by atoms with van der Waals surface area (Å²) in [5.74, 6) is 1.80. The van der Waals surface area contributed by atoms with Crippen LogP contribution >= 0.6 is 11.3 Å². The molecule has 2 rings (SSSR count). The van der Waals surface area contributed by atoms with Crippen molar-refractivity contribution >= 4 is 11.3 Å². The molecule has 1 fully saturated rings. The Labute approximate surface area is 103 Å². The summed E-state index contributed by atoms with van der Waals surface area (Å²) in [5, 5.41) is 4.80. The van der Waals surface area contributed by atoms with Crippen LogP contribution in [-0.4, -0.2) is 6.04 Å². The molecule has 2 N–H and O–H groups in total. The summed E-state index contributed by atoms with van der Waals surface area (Å²) in [7, 11) is 0. The number of nitrogens with two attached hydrogens (primary N) is 1. The van der Waals surface area contributed by atoms with Gasteiger partial charge in [-0.3, -0.25) is 0 Å². The van der Waals surface area contributed by atoms with E-state index in [2.05, 4.69) is 37.5 Å². The molecule has 1 saturated carbocycles. The third-order valence-corrected chi connectivity index (χ3v) is 5.39. The summed E-state index contributed by atoms with van der Waals surface area (Å²) in [6.07, 6.45) is 4.27. The maximum Gasteiger partial charge on any atom is 0.111 e. The summed E-state index contributed by atoms with van der Waals surface area (Å²) in [5.41, 5.74) is 1.47. The first kappa shape index (κ1) is 12.1. The summed E-state index contributed by atoms with van der Waals surface area (Å²) >= 11 is 1.91. The average molecular weight is 238 g/mol. The third kappa shape index (κ3) is 2.67. The van der Waals surface area contributed by atoms with E-state index in [0.29, 0.717) is 0 Å². The average Bonchev–Trinajstić information content (AvgIpc) is 2.67. The molecule has 90 valence electrons. The van der Waals surface area contributed by atoms with E-state index in [9.17, 15) is 0 Å². The molecular weight excluding hydrogens is 214 g/mol. The van der Waals surface area contributed by atoms with Crippen LogP contribution in [0.25, 0.3) is 0 Å². The van der Waals surface area contributed by atoms with Crippen molar-refractivity contribution in [3.05, 3.63) is 21.9 Å². The van der Waals surface area contributed by atoms with Gasteiger partial charge in [0.2, 0.25) is 0 Å². The summed E-state index contributed by atoms with van der Waals surface area (Å²) < 4.78 is 0. The highest BCUT2D eigenvalue weighted by atomic mass is 32.1. The van der Waals surface area contributed by atoms with Crippen LogP contribution in [0, 0.1) is 18.8 Å². The van der Waals surface area contributed by atoms with E-state index in [1.165, 1.54) is 31.4 Å². The van der Waals surface area contributed by atoms with Gasteiger partial charge in [-0.15, -0.1) is 11.3 Å². The van der Waals surface area contributed by atoms with Gasteiger partial charge in [0, 0.05) is 5.92 Å². The molecule has 3 atom stereocenters. The Bertz CT molecular complexity index is 331. The van der Waals surface area contributed by atoms with Crippen LogP contribution in [0.1, 0.15) is 43.6 Å². The molecule has 2 heteroatoms. The van der Waals surface area contributed by atoms with E-state index in [1.54, 1.807) is 4.88 Å². The van der Waals surface area contributed by atoms with Crippen molar-refractivity contribution in [2.45, 2.75) is 52.6 Å². The van der Waals surface area contributed by atoms with Gasteiger partial charge in [-0.1, -0.05) is 13.8 Å². The van der Waals surface area contributed by atoms with Gasteiger partial charge in [0.25, 0.3) is 0 Å². The predicted octanol–water partition coefficient (Wildman–Crippen LogP) is 2.94. The summed E-state index contributed by atoms with van der Waals surface area (Å²) in [6.45, 7) is 8.27. The van der Waals surface area contributed by atoms with E-state index in [1.807, 2.05) is 11.3 Å². The maximum absolute atomic E-state index is 2.58. The lowest BCUT2D eigenvalue weighted by Gasteiger charge is -2.32. The van der Waals surface area contributed by atoms with E-state index < -0.39 is 0 Å². The fourth-order valence-corrected chi connectivity index (χ4v) is 3.71. The lowest BCUT2D eigenvalue weighted by Crippen LogP contribution is -2.90. The maximum atomic E-state index is 2.58. The minimum atomic E-state index is 0.852. The van der Waals surface area contributed by atoms with Crippen molar-refractivity contribution in [1.82, 2.24) is 0 Å². The number of hydrogen-bond donors (Lipinski definition) is 1. The monoisotopic (exact) mass is 238 g/mol. The van der Waals surface area contributed by atoms with Crippen LogP contribution in [0.4, 0.5) is 0 Å². The highest BCUT2D eigenvalue weighted by Gasteiger charge is 2.29. The van der Waals surface area contributed by atoms with Crippen molar-refractivity contribution in [3.63, 3.8) is 0 Å². The predicted molar refractivity (Wildman–Crippen MR) is 70.7 cm³/mol. The summed E-state index contributed by atoms with van der Waals surface area (Å²) in [6, 6.07) is 3.09. The second-order valence-electron chi connectivity index (χ2n) is 5.40. The number of hydrogen-bond acceptors (Lipinski definition) is 1. The molecular formula is C14H24NS+. The highest BCUT2D eigenvalue weighted by molar-refractivity contribution is 7.10. The highest BCUT2D eigenvalue weighted by Crippen LogP contribution is 2.27. The molecule has 0 bridgehead atoms. The zero-order chi connectivity index (χ0) is 11.5. The Morgan fingerprint density at radius 3 is 2.88 bits per heavy atom. The van der Waals surface area contributed by atoms with Crippen LogP contribution in [0.5, 0.6) is 0 Å². The molecule has 1 aliphatic rings. The van der Waals surface area contributed by atoms with E-state index in [4.69, 9.17) is 0 Å². The molecule has 1 aromatic rings. The second kappa shape index (κ2) is 5.33. The molecule has 1 aromatic heterocycles. The van der Waals surface area contributed by atoms with Gasteiger partial charge in [-0.25, -0.2) is 0 Å². The van der Waals surface area contributed by atoms with Gasteiger partial charge in [-0.05, 0) is 49.1 Å². The number of rotatable bonds is 3. The third-order valence-electron chi connectivity index (χ3n) is 4.34. The first-order valence-electron chi connectivity index (χ1n) is 6.54. The van der Waals surface area contributed by atoms with Gasteiger partial charge >= 0.3 is 0 Å². The Balaban J connectivity index is 1.88. The molecule has 1 heterocycles. The van der Waals surface area contributed by atoms with Crippen molar-refractivity contribution in [2.24, 2.45) is 11.8 Å². The van der Waals surface area contributed by atoms with Gasteiger partial charge in [0.05, 0.1) is 10.9 Å². The normalized spacial score (nSPS) is 30.6.